The number of carbonyl (C=O) groups excluding carboxylic acids is 1. The molecule has 25 heavy (non-hydrogen) atoms. The van der Waals surface area contributed by atoms with E-state index in [1.165, 1.54) is 0 Å². The topological polar surface area (TPSA) is 79.2 Å². The molecule has 8 nitrogen and oxygen atoms in total. The van der Waals surface area contributed by atoms with Gasteiger partial charge >= 0.3 is 0 Å². The maximum Gasteiger partial charge on any atom is 0.225 e. The average Bonchev–Trinajstić information content (AvgIpc) is 3.12. The predicted molar refractivity (Wildman–Crippen MR) is 92.8 cm³/mol. The fraction of sp³-hybridized carbons (Fsp3) is 0.529. The van der Waals surface area contributed by atoms with Crippen molar-refractivity contribution in [3.05, 3.63) is 35.5 Å². The summed E-state index contributed by atoms with van der Waals surface area (Å²) in [7, 11) is 5.86. The van der Waals surface area contributed by atoms with E-state index in [0.29, 0.717) is 6.42 Å². The SMILES string of the molecule is CN1CCc2ncnc(N[C@@H]3CC(=O)N(C)[C@H]3c3ccnn3C)c2C1. The highest BCUT2D eigenvalue weighted by atomic mass is 16.2. The summed E-state index contributed by atoms with van der Waals surface area (Å²) in [5.74, 6) is 0.973. The van der Waals surface area contributed by atoms with Crippen molar-refractivity contribution in [1.29, 1.82) is 0 Å². The van der Waals surface area contributed by atoms with Gasteiger partial charge in [0.05, 0.1) is 23.5 Å². The molecule has 0 bridgehead atoms. The molecule has 1 fully saturated rings. The lowest BCUT2D eigenvalue weighted by Gasteiger charge is -2.29. The third-order valence-electron chi connectivity index (χ3n) is 5.26. The first-order valence-electron chi connectivity index (χ1n) is 8.56. The Morgan fingerprint density at radius 3 is 2.84 bits per heavy atom. The lowest BCUT2D eigenvalue weighted by Crippen LogP contribution is -2.33. The quantitative estimate of drug-likeness (QED) is 0.880. The molecule has 4 rings (SSSR count). The van der Waals surface area contributed by atoms with E-state index in [-0.39, 0.29) is 18.0 Å². The first-order valence-corrected chi connectivity index (χ1v) is 8.56. The number of hydrogen-bond donors (Lipinski definition) is 1. The van der Waals surface area contributed by atoms with E-state index in [4.69, 9.17) is 0 Å². The molecule has 0 aromatic carbocycles. The Bertz CT molecular complexity index is 802. The van der Waals surface area contributed by atoms with Crippen molar-refractivity contribution in [1.82, 2.24) is 29.5 Å². The van der Waals surface area contributed by atoms with Gasteiger partial charge in [0, 0.05) is 51.8 Å². The zero-order valence-electron chi connectivity index (χ0n) is 14.8. The van der Waals surface area contributed by atoms with Gasteiger partial charge in [-0.05, 0) is 13.1 Å². The molecule has 2 aliphatic rings. The zero-order chi connectivity index (χ0) is 17.6. The van der Waals surface area contributed by atoms with E-state index < -0.39 is 0 Å². The molecule has 0 spiro atoms. The van der Waals surface area contributed by atoms with Crippen LogP contribution in [0.25, 0.3) is 0 Å². The predicted octanol–water partition coefficient (Wildman–Crippen LogP) is 0.582. The molecule has 4 heterocycles. The Morgan fingerprint density at radius 1 is 1.24 bits per heavy atom. The van der Waals surface area contributed by atoms with Crippen LogP contribution in [0.2, 0.25) is 0 Å². The van der Waals surface area contributed by atoms with Crippen LogP contribution in [0.4, 0.5) is 5.82 Å². The van der Waals surface area contributed by atoms with Crippen LogP contribution in [0.1, 0.15) is 29.4 Å². The minimum atomic E-state index is -0.0630. The largest absolute Gasteiger partial charge is 0.364 e. The Hall–Kier alpha value is -2.48. The highest BCUT2D eigenvalue weighted by molar-refractivity contribution is 5.80. The summed E-state index contributed by atoms with van der Waals surface area (Å²) in [6, 6.07) is 1.86. The maximum atomic E-state index is 12.3. The van der Waals surface area contributed by atoms with Gasteiger partial charge < -0.3 is 15.1 Å². The molecule has 1 saturated heterocycles. The van der Waals surface area contributed by atoms with Crippen molar-refractivity contribution in [3.8, 4) is 0 Å². The summed E-state index contributed by atoms with van der Waals surface area (Å²) in [5.41, 5.74) is 3.26. The summed E-state index contributed by atoms with van der Waals surface area (Å²) in [6.07, 6.45) is 4.76. The van der Waals surface area contributed by atoms with E-state index in [0.717, 1.165) is 42.3 Å². The van der Waals surface area contributed by atoms with E-state index in [1.54, 1.807) is 17.4 Å². The summed E-state index contributed by atoms with van der Waals surface area (Å²) in [4.78, 5) is 25.3. The van der Waals surface area contributed by atoms with Crippen molar-refractivity contribution < 1.29 is 4.79 Å². The number of fused-ring (bicyclic) bond motifs is 1. The minimum absolute atomic E-state index is 0.0425. The lowest BCUT2D eigenvalue weighted by molar-refractivity contribution is -0.127. The van der Waals surface area contributed by atoms with Crippen molar-refractivity contribution >= 4 is 11.7 Å². The van der Waals surface area contributed by atoms with Crippen molar-refractivity contribution in [3.63, 3.8) is 0 Å². The molecule has 2 atom stereocenters. The van der Waals surface area contributed by atoms with Crippen LogP contribution < -0.4 is 5.32 Å². The molecule has 0 unspecified atom stereocenters. The van der Waals surface area contributed by atoms with Crippen LogP contribution in [-0.4, -0.2) is 62.1 Å². The van der Waals surface area contributed by atoms with Crippen molar-refractivity contribution in [2.75, 3.05) is 26.0 Å². The molecule has 132 valence electrons. The second-order valence-electron chi connectivity index (χ2n) is 6.92. The molecular formula is C17H23N7O. The maximum absolute atomic E-state index is 12.3. The van der Waals surface area contributed by atoms with Gasteiger partial charge in [-0.1, -0.05) is 0 Å². The number of nitrogens with zero attached hydrogens (tertiary/aromatic N) is 6. The highest BCUT2D eigenvalue weighted by Crippen LogP contribution is 2.34. The number of rotatable bonds is 3. The van der Waals surface area contributed by atoms with Crippen molar-refractivity contribution in [2.45, 2.75) is 31.5 Å². The number of likely N-dealkylation sites (tertiary alicyclic amines) is 1. The summed E-state index contributed by atoms with van der Waals surface area (Å²) in [6.45, 7) is 1.83. The van der Waals surface area contributed by atoms with E-state index in [1.807, 2.05) is 24.8 Å². The van der Waals surface area contributed by atoms with Crippen molar-refractivity contribution in [2.24, 2.45) is 7.05 Å². The number of amides is 1. The molecule has 2 aromatic heterocycles. The van der Waals surface area contributed by atoms with Gasteiger partial charge in [-0.3, -0.25) is 9.48 Å². The first-order chi connectivity index (χ1) is 12.0. The summed E-state index contributed by atoms with van der Waals surface area (Å²) < 4.78 is 1.83. The normalized spacial score (nSPS) is 23.8. The van der Waals surface area contributed by atoms with Gasteiger partial charge in [0.1, 0.15) is 12.1 Å². The van der Waals surface area contributed by atoms with Crippen LogP contribution in [0, 0.1) is 0 Å². The number of aromatic nitrogens is 4. The number of carbonyl (C=O) groups is 1. The molecule has 2 aromatic rings. The van der Waals surface area contributed by atoms with Crippen LogP contribution in [-0.2, 0) is 24.8 Å². The number of aryl methyl sites for hydroxylation is 1. The lowest BCUT2D eigenvalue weighted by atomic mass is 10.0. The zero-order valence-corrected chi connectivity index (χ0v) is 14.8. The van der Waals surface area contributed by atoms with Crippen LogP contribution in [0.5, 0.6) is 0 Å². The molecule has 0 radical (unpaired) electrons. The summed E-state index contributed by atoms with van der Waals surface area (Å²) >= 11 is 0. The van der Waals surface area contributed by atoms with Gasteiger partial charge in [0.25, 0.3) is 0 Å². The number of likely N-dealkylation sites (N-methyl/N-ethyl adjacent to an activating group) is 2. The smallest absolute Gasteiger partial charge is 0.225 e. The minimum Gasteiger partial charge on any atom is -0.364 e. The number of anilines is 1. The van der Waals surface area contributed by atoms with E-state index in [2.05, 4.69) is 32.3 Å². The number of nitrogens with one attached hydrogen (secondary N) is 1. The monoisotopic (exact) mass is 341 g/mol. The molecule has 0 aliphatic carbocycles. The first kappa shape index (κ1) is 16.0. The third-order valence-corrected chi connectivity index (χ3v) is 5.26. The van der Waals surface area contributed by atoms with Crippen LogP contribution in [0.15, 0.2) is 18.6 Å². The van der Waals surface area contributed by atoms with Gasteiger partial charge in [0.15, 0.2) is 0 Å². The molecule has 0 saturated carbocycles. The number of hydrogen-bond acceptors (Lipinski definition) is 6. The Labute approximate surface area is 146 Å². The van der Waals surface area contributed by atoms with Gasteiger partial charge in [-0.25, -0.2) is 9.97 Å². The fourth-order valence-corrected chi connectivity index (χ4v) is 3.85. The van der Waals surface area contributed by atoms with E-state index >= 15 is 0 Å². The second kappa shape index (κ2) is 6.11. The van der Waals surface area contributed by atoms with E-state index in [9.17, 15) is 4.79 Å². The second-order valence-corrected chi connectivity index (χ2v) is 6.92. The van der Waals surface area contributed by atoms with Gasteiger partial charge in [0.2, 0.25) is 5.91 Å². The Balaban J connectivity index is 1.66. The van der Waals surface area contributed by atoms with Crippen LogP contribution >= 0.6 is 0 Å². The van der Waals surface area contributed by atoms with Crippen LogP contribution in [0.3, 0.4) is 0 Å². The highest BCUT2D eigenvalue weighted by Gasteiger charge is 2.40. The fourth-order valence-electron chi connectivity index (χ4n) is 3.85. The molecule has 2 aliphatic heterocycles. The third kappa shape index (κ3) is 2.76. The van der Waals surface area contributed by atoms with Gasteiger partial charge in [-0.15, -0.1) is 0 Å². The Morgan fingerprint density at radius 2 is 2.08 bits per heavy atom. The average molecular weight is 341 g/mol. The molecule has 8 heteroatoms. The standard InChI is InChI=1S/C17H23N7O/c1-22-7-5-12-11(9-22)17(19-10-18-12)21-13-8-15(25)23(2)16(13)14-4-6-20-24(14)3/h4,6,10,13,16H,5,7-9H2,1-3H3,(H,18,19,21)/t13-,16-/m1/s1. The molecule has 1 amide bonds. The molecule has 1 N–H and O–H groups in total. The Kier molecular flexibility index (Phi) is 3.91. The van der Waals surface area contributed by atoms with Gasteiger partial charge in [-0.2, -0.15) is 5.10 Å². The molecular weight excluding hydrogens is 318 g/mol. The summed E-state index contributed by atoms with van der Waals surface area (Å²) in [5, 5.41) is 7.80.